The van der Waals surface area contributed by atoms with Gasteiger partial charge < -0.3 is 11.1 Å². The Morgan fingerprint density at radius 1 is 1.33 bits per heavy atom. The number of nitrogens with two attached hydrogens (primary N) is 1. The molecule has 0 unspecified atom stereocenters. The number of carbonyl (C=O) groups is 1. The van der Waals surface area contributed by atoms with Gasteiger partial charge in [0.25, 0.3) is 5.91 Å². The molecule has 106 valence electrons. The minimum Gasteiger partial charge on any atom is -0.320 e. The summed E-state index contributed by atoms with van der Waals surface area (Å²) in [5.74, 6) is 5.51. The summed E-state index contributed by atoms with van der Waals surface area (Å²) in [7, 11) is 0. The van der Waals surface area contributed by atoms with E-state index in [9.17, 15) is 4.79 Å². The summed E-state index contributed by atoms with van der Waals surface area (Å²) in [6, 6.07) is 7.43. The van der Waals surface area contributed by atoms with Gasteiger partial charge in [0.2, 0.25) is 0 Å². The van der Waals surface area contributed by atoms with E-state index in [2.05, 4.69) is 22.1 Å². The third kappa shape index (κ3) is 3.68. The minimum absolute atomic E-state index is 0.198. The number of benzene rings is 1. The van der Waals surface area contributed by atoms with Gasteiger partial charge in [-0.2, -0.15) is 0 Å². The standard InChI is InChI=1S/C17H17N3O/c1-12-5-6-14(4-3-8-18)15(10-12)17(21)20-16-11-19-9-7-13(16)2/h5-7,9-11H,8,18H2,1-2H3,(H,20,21). The van der Waals surface area contributed by atoms with Crippen LogP contribution in [0.3, 0.4) is 0 Å². The van der Waals surface area contributed by atoms with Crippen molar-refractivity contribution in [3.8, 4) is 11.8 Å². The lowest BCUT2D eigenvalue weighted by Crippen LogP contribution is -2.15. The average Bonchev–Trinajstić information content (AvgIpc) is 2.48. The molecule has 1 amide bonds. The minimum atomic E-state index is -0.198. The number of rotatable bonds is 2. The monoisotopic (exact) mass is 279 g/mol. The van der Waals surface area contributed by atoms with Gasteiger partial charge in [-0.1, -0.05) is 23.5 Å². The van der Waals surface area contributed by atoms with E-state index in [0.29, 0.717) is 16.8 Å². The van der Waals surface area contributed by atoms with Crippen molar-refractivity contribution in [3.05, 3.63) is 58.9 Å². The van der Waals surface area contributed by atoms with Crippen LogP contribution in [0.25, 0.3) is 0 Å². The molecule has 0 bridgehead atoms. The first kappa shape index (κ1) is 14.8. The lowest BCUT2D eigenvalue weighted by molar-refractivity contribution is 0.102. The fraction of sp³-hybridized carbons (Fsp3) is 0.176. The zero-order chi connectivity index (χ0) is 15.2. The summed E-state index contributed by atoms with van der Waals surface area (Å²) >= 11 is 0. The molecule has 0 aliphatic carbocycles. The van der Waals surface area contributed by atoms with Crippen molar-refractivity contribution >= 4 is 11.6 Å². The fourth-order valence-electron chi connectivity index (χ4n) is 1.89. The lowest BCUT2D eigenvalue weighted by Gasteiger charge is -2.09. The van der Waals surface area contributed by atoms with Crippen molar-refractivity contribution in [1.29, 1.82) is 0 Å². The Morgan fingerprint density at radius 2 is 2.14 bits per heavy atom. The fourth-order valence-corrected chi connectivity index (χ4v) is 1.89. The Balaban J connectivity index is 2.34. The van der Waals surface area contributed by atoms with Crippen LogP contribution in [-0.4, -0.2) is 17.4 Å². The molecule has 0 radical (unpaired) electrons. The molecule has 0 atom stereocenters. The van der Waals surface area contributed by atoms with Crippen LogP contribution in [0, 0.1) is 25.7 Å². The molecule has 0 spiro atoms. The zero-order valence-corrected chi connectivity index (χ0v) is 12.1. The van der Waals surface area contributed by atoms with Crippen LogP contribution in [0.4, 0.5) is 5.69 Å². The average molecular weight is 279 g/mol. The Kier molecular flexibility index (Phi) is 4.70. The van der Waals surface area contributed by atoms with Crippen LogP contribution in [0.5, 0.6) is 0 Å². The summed E-state index contributed by atoms with van der Waals surface area (Å²) in [4.78, 5) is 16.5. The molecule has 1 aromatic carbocycles. The van der Waals surface area contributed by atoms with Gasteiger partial charge >= 0.3 is 0 Å². The maximum absolute atomic E-state index is 12.5. The van der Waals surface area contributed by atoms with Crippen molar-refractivity contribution in [2.24, 2.45) is 5.73 Å². The summed E-state index contributed by atoms with van der Waals surface area (Å²) in [5.41, 5.74) is 9.26. The topological polar surface area (TPSA) is 68.0 Å². The Labute approximate surface area is 124 Å². The van der Waals surface area contributed by atoms with Gasteiger partial charge in [-0.3, -0.25) is 9.78 Å². The van der Waals surface area contributed by atoms with E-state index < -0.39 is 0 Å². The van der Waals surface area contributed by atoms with Gasteiger partial charge in [0.1, 0.15) is 0 Å². The van der Waals surface area contributed by atoms with Crippen LogP contribution in [0.15, 0.2) is 36.7 Å². The second-order valence-corrected chi connectivity index (χ2v) is 4.70. The number of hydrogen-bond acceptors (Lipinski definition) is 3. The summed E-state index contributed by atoms with van der Waals surface area (Å²) < 4.78 is 0. The smallest absolute Gasteiger partial charge is 0.256 e. The number of aromatic nitrogens is 1. The van der Waals surface area contributed by atoms with Crippen molar-refractivity contribution in [3.63, 3.8) is 0 Å². The summed E-state index contributed by atoms with van der Waals surface area (Å²) in [6.07, 6.45) is 3.32. The molecule has 0 saturated heterocycles. The van der Waals surface area contributed by atoms with Gasteiger partial charge in [0, 0.05) is 11.8 Å². The Morgan fingerprint density at radius 3 is 2.86 bits per heavy atom. The molecule has 4 nitrogen and oxygen atoms in total. The molecule has 4 heteroatoms. The quantitative estimate of drug-likeness (QED) is 0.829. The van der Waals surface area contributed by atoms with Gasteiger partial charge in [-0.05, 0) is 37.6 Å². The molecular formula is C17H17N3O. The second-order valence-electron chi connectivity index (χ2n) is 4.70. The van der Waals surface area contributed by atoms with Crippen molar-refractivity contribution in [1.82, 2.24) is 4.98 Å². The Bertz CT molecular complexity index is 726. The number of hydrogen-bond donors (Lipinski definition) is 2. The predicted octanol–water partition coefficient (Wildman–Crippen LogP) is 2.26. The molecule has 21 heavy (non-hydrogen) atoms. The van der Waals surface area contributed by atoms with Gasteiger partial charge in [-0.15, -0.1) is 0 Å². The SMILES string of the molecule is Cc1ccc(C#CCN)c(C(=O)Nc2cnccc2C)c1. The van der Waals surface area contributed by atoms with E-state index in [-0.39, 0.29) is 12.5 Å². The van der Waals surface area contributed by atoms with E-state index in [0.717, 1.165) is 11.1 Å². The first-order valence-corrected chi connectivity index (χ1v) is 6.63. The highest BCUT2D eigenvalue weighted by molar-refractivity contribution is 6.06. The highest BCUT2D eigenvalue weighted by atomic mass is 16.1. The van der Waals surface area contributed by atoms with Crippen LogP contribution in [0.2, 0.25) is 0 Å². The maximum Gasteiger partial charge on any atom is 0.256 e. The van der Waals surface area contributed by atoms with Crippen LogP contribution >= 0.6 is 0 Å². The molecule has 2 aromatic rings. The normalized spacial score (nSPS) is 9.67. The number of anilines is 1. The molecule has 1 aromatic heterocycles. The van der Waals surface area contributed by atoms with Gasteiger partial charge in [0.05, 0.1) is 24.0 Å². The predicted molar refractivity (Wildman–Crippen MR) is 84.0 cm³/mol. The molecule has 3 N–H and O–H groups in total. The first-order valence-electron chi connectivity index (χ1n) is 6.63. The van der Waals surface area contributed by atoms with Gasteiger partial charge in [0.15, 0.2) is 0 Å². The van der Waals surface area contributed by atoms with Crippen molar-refractivity contribution < 1.29 is 4.79 Å². The third-order valence-corrected chi connectivity index (χ3v) is 3.03. The molecular weight excluding hydrogens is 262 g/mol. The van der Waals surface area contributed by atoms with E-state index in [1.807, 2.05) is 38.1 Å². The lowest BCUT2D eigenvalue weighted by atomic mass is 10.0. The third-order valence-electron chi connectivity index (χ3n) is 3.03. The number of amides is 1. The van der Waals surface area contributed by atoms with E-state index in [1.54, 1.807) is 12.4 Å². The molecule has 0 aliphatic heterocycles. The first-order chi connectivity index (χ1) is 10.1. The van der Waals surface area contributed by atoms with Crippen molar-refractivity contribution in [2.75, 3.05) is 11.9 Å². The van der Waals surface area contributed by atoms with Crippen molar-refractivity contribution in [2.45, 2.75) is 13.8 Å². The van der Waals surface area contributed by atoms with E-state index in [4.69, 9.17) is 5.73 Å². The number of nitrogens with zero attached hydrogens (tertiary/aromatic N) is 1. The summed E-state index contributed by atoms with van der Waals surface area (Å²) in [6.45, 7) is 4.12. The largest absolute Gasteiger partial charge is 0.320 e. The maximum atomic E-state index is 12.5. The number of carbonyl (C=O) groups excluding carboxylic acids is 1. The number of aryl methyl sites for hydroxylation is 2. The molecule has 0 aliphatic rings. The molecule has 0 fully saturated rings. The van der Waals surface area contributed by atoms with E-state index in [1.165, 1.54) is 0 Å². The number of nitrogens with one attached hydrogen (secondary N) is 1. The number of pyridine rings is 1. The molecule has 2 rings (SSSR count). The van der Waals surface area contributed by atoms with Crippen LogP contribution in [-0.2, 0) is 0 Å². The zero-order valence-electron chi connectivity index (χ0n) is 12.1. The van der Waals surface area contributed by atoms with Gasteiger partial charge in [-0.25, -0.2) is 0 Å². The van der Waals surface area contributed by atoms with E-state index >= 15 is 0 Å². The van der Waals surface area contributed by atoms with Crippen LogP contribution < -0.4 is 11.1 Å². The highest BCUT2D eigenvalue weighted by Gasteiger charge is 2.12. The molecule has 1 heterocycles. The highest BCUT2D eigenvalue weighted by Crippen LogP contribution is 2.16. The summed E-state index contributed by atoms with van der Waals surface area (Å²) in [5, 5.41) is 2.87. The Hall–Kier alpha value is -2.64. The van der Waals surface area contributed by atoms with Crippen LogP contribution in [0.1, 0.15) is 27.0 Å². The second kappa shape index (κ2) is 6.69. The molecule has 0 saturated carbocycles.